The van der Waals surface area contributed by atoms with E-state index in [1.807, 2.05) is 33.8 Å². The molecule has 114 valence electrons. The fourth-order valence-corrected chi connectivity index (χ4v) is 2.28. The molecule has 5 nitrogen and oxygen atoms in total. The molecule has 0 spiro atoms. The third kappa shape index (κ3) is 4.04. The van der Waals surface area contributed by atoms with Gasteiger partial charge in [-0.3, -0.25) is 9.59 Å². The summed E-state index contributed by atoms with van der Waals surface area (Å²) in [6.45, 7) is 7.70. The van der Waals surface area contributed by atoms with Gasteiger partial charge < -0.3 is 15.4 Å². The van der Waals surface area contributed by atoms with Crippen molar-refractivity contribution in [2.45, 2.75) is 52.2 Å². The highest BCUT2D eigenvalue weighted by molar-refractivity contribution is 6.00. The number of carbonyl (C=O) groups is 2. The molecule has 2 amide bonds. The molecular formula is C16H22N2O3. The molecule has 2 rings (SSSR count). The van der Waals surface area contributed by atoms with Crippen LogP contribution in [0, 0.1) is 0 Å². The first-order valence-corrected chi connectivity index (χ1v) is 7.20. The van der Waals surface area contributed by atoms with Gasteiger partial charge in [0.1, 0.15) is 6.10 Å². The Labute approximate surface area is 125 Å². The van der Waals surface area contributed by atoms with Crippen molar-refractivity contribution in [2.75, 3.05) is 10.6 Å². The largest absolute Gasteiger partial charge is 0.363 e. The number of carbonyl (C=O) groups excluding carboxylic acids is 2. The summed E-state index contributed by atoms with van der Waals surface area (Å²) in [5.74, 6) is -0.180. The first-order valence-electron chi connectivity index (χ1n) is 7.20. The lowest BCUT2D eigenvalue weighted by molar-refractivity contribution is -0.137. The second kappa shape index (κ2) is 5.85. The maximum Gasteiger partial charge on any atom is 0.253 e. The van der Waals surface area contributed by atoms with Gasteiger partial charge in [-0.05, 0) is 51.0 Å². The quantitative estimate of drug-likeness (QED) is 0.896. The van der Waals surface area contributed by atoms with Crippen LogP contribution in [0.3, 0.4) is 0 Å². The Kier molecular flexibility index (Phi) is 4.32. The summed E-state index contributed by atoms with van der Waals surface area (Å²) in [7, 11) is 0. The van der Waals surface area contributed by atoms with Gasteiger partial charge in [0.2, 0.25) is 5.91 Å². The molecule has 1 aliphatic rings. The standard InChI is InChI=1S/C16H22N2O3/c1-5-13(21-16(2,3)4)15(20)17-11-6-7-12-10(8-11)9-14(19)18-12/h6-8,13H,5,9H2,1-4H3,(H,17,20)(H,18,19). The SMILES string of the molecule is CCC(OC(C)(C)C)C(=O)Nc1ccc2c(c1)CC(=O)N2. The van der Waals surface area contributed by atoms with Gasteiger partial charge in [0, 0.05) is 11.4 Å². The van der Waals surface area contributed by atoms with Gasteiger partial charge in [0.15, 0.2) is 0 Å². The molecule has 2 N–H and O–H groups in total. The number of hydrogen-bond acceptors (Lipinski definition) is 3. The van der Waals surface area contributed by atoms with E-state index in [4.69, 9.17) is 4.74 Å². The van der Waals surface area contributed by atoms with Gasteiger partial charge in [-0.25, -0.2) is 0 Å². The van der Waals surface area contributed by atoms with Crippen LogP contribution < -0.4 is 10.6 Å². The molecule has 1 heterocycles. The third-order valence-corrected chi connectivity index (χ3v) is 3.16. The minimum absolute atomic E-state index is 0.0176. The van der Waals surface area contributed by atoms with Crippen molar-refractivity contribution in [2.24, 2.45) is 0 Å². The first kappa shape index (κ1) is 15.5. The number of nitrogens with one attached hydrogen (secondary N) is 2. The van der Waals surface area contributed by atoms with Crippen molar-refractivity contribution < 1.29 is 14.3 Å². The van der Waals surface area contributed by atoms with Gasteiger partial charge >= 0.3 is 0 Å². The van der Waals surface area contributed by atoms with Crippen molar-refractivity contribution in [3.05, 3.63) is 23.8 Å². The molecule has 0 fully saturated rings. The van der Waals surface area contributed by atoms with Crippen molar-refractivity contribution in [3.63, 3.8) is 0 Å². The van der Waals surface area contributed by atoms with Crippen LogP contribution in [0.4, 0.5) is 11.4 Å². The predicted octanol–water partition coefficient (Wildman–Crippen LogP) is 2.71. The summed E-state index contributed by atoms with van der Waals surface area (Å²) in [6.07, 6.45) is 0.473. The molecule has 0 aromatic heterocycles. The fourth-order valence-electron chi connectivity index (χ4n) is 2.28. The molecule has 0 saturated carbocycles. The number of hydrogen-bond donors (Lipinski definition) is 2. The summed E-state index contributed by atoms with van der Waals surface area (Å²) in [6, 6.07) is 5.42. The van der Waals surface area contributed by atoms with E-state index in [9.17, 15) is 9.59 Å². The lowest BCUT2D eigenvalue weighted by atomic mass is 10.1. The molecule has 1 unspecified atom stereocenters. The maximum absolute atomic E-state index is 12.3. The Bertz CT molecular complexity index is 561. The Balaban J connectivity index is 2.06. The zero-order chi connectivity index (χ0) is 15.6. The number of benzene rings is 1. The first-order chi connectivity index (χ1) is 9.78. The Morgan fingerprint density at radius 1 is 1.43 bits per heavy atom. The summed E-state index contributed by atoms with van der Waals surface area (Å²) in [5, 5.41) is 5.62. The number of ether oxygens (including phenoxy) is 1. The van der Waals surface area contributed by atoms with E-state index in [0.29, 0.717) is 18.5 Å². The van der Waals surface area contributed by atoms with E-state index in [2.05, 4.69) is 10.6 Å². The fraction of sp³-hybridized carbons (Fsp3) is 0.500. The van der Waals surface area contributed by atoms with Crippen LogP contribution in [0.2, 0.25) is 0 Å². The molecule has 1 aromatic rings. The predicted molar refractivity (Wildman–Crippen MR) is 82.3 cm³/mol. The Hall–Kier alpha value is -1.88. The second-order valence-electron chi connectivity index (χ2n) is 6.21. The van der Waals surface area contributed by atoms with Crippen LogP contribution in [-0.4, -0.2) is 23.5 Å². The highest BCUT2D eigenvalue weighted by Crippen LogP contribution is 2.26. The lowest BCUT2D eigenvalue weighted by Crippen LogP contribution is -2.36. The van der Waals surface area contributed by atoms with E-state index in [-0.39, 0.29) is 17.4 Å². The third-order valence-electron chi connectivity index (χ3n) is 3.16. The second-order valence-corrected chi connectivity index (χ2v) is 6.21. The van der Waals surface area contributed by atoms with Crippen molar-refractivity contribution >= 4 is 23.2 Å². The molecule has 1 atom stereocenters. The summed E-state index contributed by atoms with van der Waals surface area (Å²) < 4.78 is 5.75. The molecule has 1 aromatic carbocycles. The van der Waals surface area contributed by atoms with Gasteiger partial charge in [-0.15, -0.1) is 0 Å². The zero-order valence-corrected chi connectivity index (χ0v) is 12.9. The van der Waals surface area contributed by atoms with Crippen molar-refractivity contribution in [1.82, 2.24) is 0 Å². The normalized spacial score (nSPS) is 15.3. The van der Waals surface area contributed by atoms with Gasteiger partial charge in [0.05, 0.1) is 12.0 Å². The highest BCUT2D eigenvalue weighted by Gasteiger charge is 2.24. The maximum atomic E-state index is 12.3. The van der Waals surface area contributed by atoms with E-state index in [0.717, 1.165) is 11.3 Å². The van der Waals surface area contributed by atoms with Gasteiger partial charge in [-0.1, -0.05) is 6.92 Å². The van der Waals surface area contributed by atoms with Crippen LogP contribution >= 0.6 is 0 Å². The number of anilines is 2. The van der Waals surface area contributed by atoms with Crippen LogP contribution in [0.5, 0.6) is 0 Å². The average Bonchev–Trinajstić information content (AvgIpc) is 2.74. The van der Waals surface area contributed by atoms with Crippen LogP contribution in [0.25, 0.3) is 0 Å². The topological polar surface area (TPSA) is 67.4 Å². The minimum Gasteiger partial charge on any atom is -0.363 e. The molecular weight excluding hydrogens is 268 g/mol. The smallest absolute Gasteiger partial charge is 0.253 e. The van der Waals surface area contributed by atoms with E-state index in [1.165, 1.54) is 0 Å². The lowest BCUT2D eigenvalue weighted by Gasteiger charge is -2.26. The molecule has 5 heteroatoms. The van der Waals surface area contributed by atoms with Crippen LogP contribution in [0.1, 0.15) is 39.7 Å². The summed E-state index contributed by atoms with van der Waals surface area (Å²) in [5.41, 5.74) is 2.04. The van der Waals surface area contributed by atoms with Gasteiger partial charge in [0.25, 0.3) is 5.91 Å². The Morgan fingerprint density at radius 2 is 2.14 bits per heavy atom. The number of fused-ring (bicyclic) bond motifs is 1. The minimum atomic E-state index is -0.488. The molecule has 21 heavy (non-hydrogen) atoms. The number of amides is 2. The van der Waals surface area contributed by atoms with Gasteiger partial charge in [-0.2, -0.15) is 0 Å². The molecule has 0 bridgehead atoms. The van der Waals surface area contributed by atoms with Crippen molar-refractivity contribution in [1.29, 1.82) is 0 Å². The highest BCUT2D eigenvalue weighted by atomic mass is 16.5. The van der Waals surface area contributed by atoms with Crippen LogP contribution in [-0.2, 0) is 20.7 Å². The average molecular weight is 290 g/mol. The zero-order valence-electron chi connectivity index (χ0n) is 12.9. The molecule has 1 aliphatic heterocycles. The van der Waals surface area contributed by atoms with Crippen LogP contribution in [0.15, 0.2) is 18.2 Å². The summed E-state index contributed by atoms with van der Waals surface area (Å²) >= 11 is 0. The van der Waals surface area contributed by atoms with E-state index < -0.39 is 6.10 Å². The Morgan fingerprint density at radius 3 is 2.76 bits per heavy atom. The monoisotopic (exact) mass is 290 g/mol. The molecule has 0 radical (unpaired) electrons. The number of rotatable bonds is 4. The van der Waals surface area contributed by atoms with E-state index >= 15 is 0 Å². The molecule has 0 aliphatic carbocycles. The summed E-state index contributed by atoms with van der Waals surface area (Å²) in [4.78, 5) is 23.6. The molecule has 0 saturated heterocycles. The van der Waals surface area contributed by atoms with Crippen molar-refractivity contribution in [3.8, 4) is 0 Å². The van der Waals surface area contributed by atoms with E-state index in [1.54, 1.807) is 12.1 Å².